The Hall–Kier alpha value is -7.61. The fraction of sp³-hybridized carbons (Fsp3) is 0.471. The van der Waals surface area contributed by atoms with Crippen LogP contribution in [0.1, 0.15) is 83.5 Å². The van der Waals surface area contributed by atoms with E-state index in [1.807, 2.05) is 31.2 Å². The van der Waals surface area contributed by atoms with Gasteiger partial charge in [0.25, 0.3) is 0 Å². The zero-order chi connectivity index (χ0) is 56.8. The molecule has 0 saturated heterocycles. The van der Waals surface area contributed by atoms with Crippen LogP contribution in [0.25, 0.3) is 10.9 Å². The van der Waals surface area contributed by atoms with Crippen LogP contribution in [-0.2, 0) is 62.4 Å². The average molecular weight is 1100 g/mol. The summed E-state index contributed by atoms with van der Waals surface area (Å²) in [4.78, 5) is 137. The normalized spacial score (nSPS) is 14.4. The standard InChI is InChI=1S/C51H73N15O9S2/c1-6-7-17-35(60-29(3)67)44(70)65-40(26-76)49(75)59-28(2)43(69)62-39(23-32-25-55-27-58-32)47(73)63-37(21-30-14-9-8-10-15-30)46(72)61-36(19-13-20-56-50(53)54)45(71)64-38(48(74)66-41(42(52)68)51(4,5)77)22-31-24-57-34-18-12-11-16-33(31)34/h8-12,14-16,18,24-25,27-28,35-41,57,76-77H,6-7,13,17,19-23,26H2,1-5H3,(H2,52,68)(H,55,58)(H,59,75)(H,60,67)(H,61,72)(H,62,69)(H,63,73)(H,64,71)(H,65,70)(H,66,74)(H4,53,54,56)/t28-,35+,36+,37-,38+,39+,40+,41-/m1/s1. The van der Waals surface area contributed by atoms with Gasteiger partial charge in [-0.3, -0.25) is 48.1 Å². The van der Waals surface area contributed by atoms with Crippen LogP contribution in [0.5, 0.6) is 0 Å². The molecule has 0 aliphatic carbocycles. The number of guanidine groups is 1. The molecule has 2 heterocycles. The first-order valence-electron chi connectivity index (χ1n) is 25.1. The number of hydrogen-bond donors (Lipinski definition) is 15. The van der Waals surface area contributed by atoms with Crippen molar-refractivity contribution >= 4 is 95.3 Å². The molecule has 16 N–H and O–H groups in total. The molecule has 0 spiro atoms. The fourth-order valence-electron chi connectivity index (χ4n) is 8.11. The predicted molar refractivity (Wildman–Crippen MR) is 297 cm³/mol. The first-order valence-corrected chi connectivity index (χ1v) is 26.2. The van der Waals surface area contributed by atoms with E-state index in [2.05, 4.69) is 87.7 Å². The number of carbonyl (C=O) groups excluding carboxylic acids is 9. The van der Waals surface area contributed by atoms with Crippen LogP contribution in [0.15, 0.2) is 78.3 Å². The Morgan fingerprint density at radius 2 is 1.18 bits per heavy atom. The van der Waals surface area contributed by atoms with Crippen LogP contribution in [0.4, 0.5) is 0 Å². The lowest BCUT2D eigenvalue weighted by molar-refractivity contribution is -0.135. The minimum absolute atomic E-state index is 0.0542. The van der Waals surface area contributed by atoms with Crippen LogP contribution < -0.4 is 59.7 Å². The highest BCUT2D eigenvalue weighted by molar-refractivity contribution is 7.81. The van der Waals surface area contributed by atoms with E-state index in [0.29, 0.717) is 29.7 Å². The molecule has 0 aliphatic rings. The molecule has 2 aromatic heterocycles. The van der Waals surface area contributed by atoms with Crippen LogP contribution in [0, 0.1) is 0 Å². The zero-order valence-electron chi connectivity index (χ0n) is 43.8. The van der Waals surface area contributed by atoms with E-state index in [4.69, 9.17) is 17.2 Å². The maximum atomic E-state index is 14.7. The van der Waals surface area contributed by atoms with E-state index >= 15 is 0 Å². The van der Waals surface area contributed by atoms with Gasteiger partial charge in [0.1, 0.15) is 48.3 Å². The van der Waals surface area contributed by atoms with Crippen molar-refractivity contribution in [2.45, 2.75) is 139 Å². The third-order valence-corrected chi connectivity index (χ3v) is 12.8. The summed E-state index contributed by atoms with van der Waals surface area (Å²) in [5.74, 6) is -7.07. The SMILES string of the molecule is CCCC[C@H](NC(C)=O)C(=O)N[C@@H](CS)C(=O)N[C@H](C)C(=O)N[C@@H](Cc1cnc[nH]1)C(=O)N[C@H](Cc1ccccc1)C(=O)N[C@@H](CCCN=C(N)N)C(=O)N[C@@H](Cc1c[nH]c2ccccc12)C(=O)N[C@H](C(N)=O)C(C)(C)S. The molecular weight excluding hydrogens is 1030 g/mol. The Kier molecular flexibility index (Phi) is 24.3. The highest BCUT2D eigenvalue weighted by atomic mass is 32.1. The molecule has 26 heteroatoms. The lowest BCUT2D eigenvalue weighted by Crippen LogP contribution is -2.61. The highest BCUT2D eigenvalue weighted by Crippen LogP contribution is 2.21. The van der Waals surface area contributed by atoms with E-state index < -0.39 is 106 Å². The van der Waals surface area contributed by atoms with Gasteiger partial charge in [-0.2, -0.15) is 25.3 Å². The van der Waals surface area contributed by atoms with Crippen LogP contribution in [-0.4, -0.2) is 139 Å². The van der Waals surface area contributed by atoms with E-state index in [0.717, 1.165) is 17.3 Å². The van der Waals surface area contributed by atoms with Crippen molar-refractivity contribution in [1.82, 2.24) is 57.5 Å². The minimum Gasteiger partial charge on any atom is -0.370 e. The number of nitrogens with two attached hydrogens (primary N) is 3. The summed E-state index contributed by atoms with van der Waals surface area (Å²) in [6.45, 7) is 7.80. The number of aromatic nitrogens is 3. The van der Waals surface area contributed by atoms with Crippen LogP contribution in [0.3, 0.4) is 0 Å². The molecule has 0 fully saturated rings. The Labute approximate surface area is 457 Å². The molecular formula is C51H73N15O9S2. The van der Waals surface area contributed by atoms with Gasteiger partial charge in [0, 0.05) is 72.2 Å². The minimum atomic E-state index is -1.39. The maximum Gasteiger partial charge on any atom is 0.244 e. The average Bonchev–Trinajstić information content (AvgIpc) is 4.06. The number of primary amides is 1. The van der Waals surface area contributed by atoms with Gasteiger partial charge in [-0.1, -0.05) is 68.3 Å². The molecule has 0 aliphatic heterocycles. The number of thiol groups is 2. The molecule has 4 rings (SSSR count). The number of aliphatic imine (C=N–C) groups is 1. The fourth-order valence-corrected chi connectivity index (χ4v) is 8.56. The number of unbranched alkanes of at least 4 members (excludes halogenated alkanes) is 1. The third kappa shape index (κ3) is 20.1. The second-order valence-corrected chi connectivity index (χ2v) is 20.6. The number of fused-ring (bicyclic) bond motifs is 1. The van der Waals surface area contributed by atoms with E-state index in [1.165, 1.54) is 26.4 Å². The molecule has 9 amide bonds. The lowest BCUT2D eigenvalue weighted by atomic mass is 9.99. The van der Waals surface area contributed by atoms with Crippen LogP contribution in [0.2, 0.25) is 0 Å². The molecule has 418 valence electrons. The molecule has 0 unspecified atom stereocenters. The zero-order valence-corrected chi connectivity index (χ0v) is 45.6. The predicted octanol–water partition coefficient (Wildman–Crippen LogP) is -0.796. The Morgan fingerprint density at radius 3 is 1.77 bits per heavy atom. The van der Waals surface area contributed by atoms with Gasteiger partial charge in [0.05, 0.1) is 6.33 Å². The number of imidazole rings is 1. The molecule has 0 bridgehead atoms. The van der Waals surface area contributed by atoms with Gasteiger partial charge < -0.3 is 69.7 Å². The van der Waals surface area contributed by atoms with Crippen molar-refractivity contribution in [2.75, 3.05) is 12.3 Å². The molecule has 77 heavy (non-hydrogen) atoms. The summed E-state index contributed by atoms with van der Waals surface area (Å²) in [5.41, 5.74) is 19.3. The van der Waals surface area contributed by atoms with Gasteiger partial charge in [-0.25, -0.2) is 4.98 Å². The smallest absolute Gasteiger partial charge is 0.244 e. The Morgan fingerprint density at radius 1 is 0.649 bits per heavy atom. The van der Waals surface area contributed by atoms with Crippen molar-refractivity contribution in [3.63, 3.8) is 0 Å². The Bertz CT molecular complexity index is 2680. The van der Waals surface area contributed by atoms with E-state index in [9.17, 15) is 43.2 Å². The number of carbonyl (C=O) groups is 9. The second kappa shape index (κ2) is 30.2. The van der Waals surface area contributed by atoms with Gasteiger partial charge in [0.15, 0.2) is 5.96 Å². The first-order chi connectivity index (χ1) is 36.5. The number of hydrogen-bond acceptors (Lipinski definition) is 13. The van der Waals surface area contributed by atoms with Crippen molar-refractivity contribution < 1.29 is 43.2 Å². The summed E-state index contributed by atoms with van der Waals surface area (Å²) >= 11 is 8.72. The largest absolute Gasteiger partial charge is 0.370 e. The van der Waals surface area contributed by atoms with Crippen molar-refractivity contribution in [3.05, 3.63) is 90.1 Å². The summed E-state index contributed by atoms with van der Waals surface area (Å²) in [7, 11) is 0. The summed E-state index contributed by atoms with van der Waals surface area (Å²) in [6.07, 6.45) is 5.98. The third-order valence-electron chi connectivity index (χ3n) is 12.2. The molecule has 0 saturated carbocycles. The first kappa shape index (κ1) is 61.9. The summed E-state index contributed by atoms with van der Waals surface area (Å²) < 4.78 is -1.11. The summed E-state index contributed by atoms with van der Waals surface area (Å²) in [5, 5.41) is 22.0. The van der Waals surface area contributed by atoms with E-state index in [1.54, 1.807) is 50.4 Å². The second-order valence-electron chi connectivity index (χ2n) is 19.1. The number of aromatic amines is 2. The number of amides is 9. The number of para-hydroxylation sites is 1. The van der Waals surface area contributed by atoms with Crippen molar-refractivity contribution in [1.29, 1.82) is 0 Å². The molecule has 2 aromatic carbocycles. The lowest BCUT2D eigenvalue weighted by Gasteiger charge is -2.30. The molecule has 4 aromatic rings. The van der Waals surface area contributed by atoms with Crippen molar-refractivity contribution in [3.8, 4) is 0 Å². The van der Waals surface area contributed by atoms with Gasteiger partial charge >= 0.3 is 0 Å². The number of nitrogens with one attached hydrogen (secondary N) is 10. The quantitative estimate of drug-likeness (QED) is 0.0128. The topological polar surface area (TPSA) is 385 Å². The van der Waals surface area contributed by atoms with Gasteiger partial charge in [0.2, 0.25) is 53.2 Å². The number of benzene rings is 2. The van der Waals surface area contributed by atoms with Gasteiger partial charge in [-0.05, 0) is 57.2 Å². The molecule has 0 radical (unpaired) electrons. The molecule has 24 nitrogen and oxygen atoms in total. The monoisotopic (exact) mass is 1100 g/mol. The molecule has 8 atom stereocenters. The maximum absolute atomic E-state index is 14.7. The van der Waals surface area contributed by atoms with E-state index in [-0.39, 0.29) is 50.4 Å². The number of rotatable bonds is 31. The Balaban J connectivity index is 1.62. The van der Waals surface area contributed by atoms with Crippen molar-refractivity contribution in [2.24, 2.45) is 22.2 Å². The van der Waals surface area contributed by atoms with Gasteiger partial charge in [-0.15, -0.1) is 0 Å². The number of nitrogens with zero attached hydrogens (tertiary/aromatic N) is 2. The number of H-pyrrole nitrogens is 2. The van der Waals surface area contributed by atoms with Crippen LogP contribution >= 0.6 is 25.3 Å². The summed E-state index contributed by atoms with van der Waals surface area (Å²) in [6, 6.07) is 5.85. The highest BCUT2D eigenvalue weighted by Gasteiger charge is 2.37.